The molecule has 10 heteroatoms. The molecule has 210 valence electrons. The topological polar surface area (TPSA) is 88.3 Å². The third-order valence-corrected chi connectivity index (χ3v) is 8.24. The van der Waals surface area contributed by atoms with E-state index in [2.05, 4.69) is 15.5 Å². The molecule has 5 rings (SSSR count). The lowest BCUT2D eigenvalue weighted by Gasteiger charge is -2.26. The normalized spacial score (nSPS) is 11.7. The van der Waals surface area contributed by atoms with Crippen molar-refractivity contribution >= 4 is 15.7 Å². The van der Waals surface area contributed by atoms with Crippen molar-refractivity contribution in [3.05, 3.63) is 138 Å². The largest absolute Gasteiger partial charge is 0.415 e. The maximum atomic E-state index is 13.7. The molecule has 0 radical (unpaired) electrons. The summed E-state index contributed by atoms with van der Waals surface area (Å²) in [6, 6.07) is 35.2. The van der Waals surface area contributed by atoms with Crippen molar-refractivity contribution < 1.29 is 21.6 Å². The number of anilines is 1. The third-order valence-electron chi connectivity index (χ3n) is 6.51. The number of halogens is 2. The van der Waals surface area contributed by atoms with Gasteiger partial charge in [0.15, 0.2) is 0 Å². The van der Waals surface area contributed by atoms with Crippen molar-refractivity contribution in [2.75, 3.05) is 16.6 Å². The van der Waals surface area contributed by atoms with Gasteiger partial charge in [-0.3, -0.25) is 4.31 Å². The van der Waals surface area contributed by atoms with Gasteiger partial charge in [-0.15, -0.1) is 10.2 Å². The van der Waals surface area contributed by atoms with Crippen molar-refractivity contribution in [2.45, 2.75) is 19.0 Å². The highest BCUT2D eigenvalue weighted by molar-refractivity contribution is 7.92. The highest BCUT2D eigenvalue weighted by Gasteiger charge is 2.24. The average molecular weight is 575 g/mol. The molecule has 1 N–H and O–H groups in total. The number of nitrogens with one attached hydrogen (secondary N) is 1. The summed E-state index contributed by atoms with van der Waals surface area (Å²) in [6.07, 6.45) is -2.86. The summed E-state index contributed by atoms with van der Waals surface area (Å²) in [5, 5.41) is 10.5. The number of alkyl halides is 2. The monoisotopic (exact) mass is 574 g/mol. The summed E-state index contributed by atoms with van der Waals surface area (Å²) in [4.78, 5) is 0. The molecule has 41 heavy (non-hydrogen) atoms. The number of nitrogens with zero attached hydrogens (tertiary/aromatic N) is 3. The molecular weight excluding hydrogens is 546 g/mol. The molecule has 0 atom stereocenters. The lowest BCUT2D eigenvalue weighted by molar-refractivity contribution is 0.116. The zero-order chi connectivity index (χ0) is 28.7. The minimum absolute atomic E-state index is 0.0307. The van der Waals surface area contributed by atoms with Crippen LogP contribution in [0.1, 0.15) is 35.0 Å². The second-order valence-electron chi connectivity index (χ2n) is 9.31. The minimum atomic E-state index is -3.76. The van der Waals surface area contributed by atoms with Crippen LogP contribution in [0.25, 0.3) is 11.5 Å². The van der Waals surface area contributed by atoms with Gasteiger partial charge in [0.2, 0.25) is 15.9 Å². The van der Waals surface area contributed by atoms with Crippen molar-refractivity contribution in [1.82, 2.24) is 15.5 Å². The van der Waals surface area contributed by atoms with Crippen LogP contribution in [0.3, 0.4) is 0 Å². The van der Waals surface area contributed by atoms with E-state index in [0.29, 0.717) is 16.8 Å². The van der Waals surface area contributed by atoms with Crippen molar-refractivity contribution in [3.63, 3.8) is 0 Å². The highest BCUT2D eigenvalue weighted by atomic mass is 32.2. The average Bonchev–Trinajstić information content (AvgIpc) is 3.51. The third kappa shape index (κ3) is 7.03. The van der Waals surface area contributed by atoms with E-state index in [-0.39, 0.29) is 30.8 Å². The molecule has 0 spiro atoms. The fourth-order valence-corrected chi connectivity index (χ4v) is 5.85. The predicted octanol–water partition coefficient (Wildman–Crippen LogP) is 6.39. The fraction of sp³-hybridized carbons (Fsp3) is 0.161. The molecule has 0 saturated carbocycles. The second-order valence-corrected chi connectivity index (χ2v) is 11.3. The molecule has 0 amide bonds. The van der Waals surface area contributed by atoms with Gasteiger partial charge in [0.25, 0.3) is 5.89 Å². The molecule has 7 nitrogen and oxygen atoms in total. The Morgan fingerprint density at radius 3 is 1.85 bits per heavy atom. The van der Waals surface area contributed by atoms with Gasteiger partial charge in [-0.1, -0.05) is 91.0 Å². The first-order chi connectivity index (χ1) is 19.9. The quantitative estimate of drug-likeness (QED) is 0.186. The molecular formula is C31H28F2N4O3S. The van der Waals surface area contributed by atoms with Crippen molar-refractivity contribution in [3.8, 4) is 11.5 Å². The summed E-state index contributed by atoms with van der Waals surface area (Å²) in [5.41, 5.74) is 3.78. The standard InChI is InChI=1S/C31H28F2N4O3S/c32-29(33)31-36-35-30(40-31)26-18-16-23(17-19-26)22-37(27-14-8-3-9-15-27)41(38,39)21-20-34-28(24-10-4-1-5-11-24)25-12-6-2-7-13-25/h1-19,28-29,34H,20-22H2. The number of hydrogen-bond acceptors (Lipinski definition) is 6. The molecule has 0 bridgehead atoms. The van der Waals surface area contributed by atoms with Crippen molar-refractivity contribution in [1.29, 1.82) is 0 Å². The lowest BCUT2D eigenvalue weighted by Crippen LogP contribution is -2.37. The predicted molar refractivity (Wildman–Crippen MR) is 154 cm³/mol. The van der Waals surface area contributed by atoms with Gasteiger partial charge in [-0.05, 0) is 41.0 Å². The van der Waals surface area contributed by atoms with Gasteiger partial charge < -0.3 is 9.73 Å². The fourth-order valence-electron chi connectivity index (χ4n) is 4.46. The van der Waals surface area contributed by atoms with E-state index in [1.54, 1.807) is 48.5 Å². The Bertz CT molecular complexity index is 1590. The second kappa shape index (κ2) is 12.8. The number of hydrogen-bond donors (Lipinski definition) is 1. The summed E-state index contributed by atoms with van der Waals surface area (Å²) in [6.45, 7) is 0.308. The first kappa shape index (κ1) is 28.1. The van der Waals surface area contributed by atoms with Crippen LogP contribution in [0.2, 0.25) is 0 Å². The van der Waals surface area contributed by atoms with Crippen LogP contribution in [-0.4, -0.2) is 30.9 Å². The van der Waals surface area contributed by atoms with E-state index < -0.39 is 22.3 Å². The molecule has 0 aliphatic rings. The maximum absolute atomic E-state index is 13.7. The molecule has 1 heterocycles. The summed E-state index contributed by atoms with van der Waals surface area (Å²) >= 11 is 0. The van der Waals surface area contributed by atoms with Gasteiger partial charge in [-0.25, -0.2) is 8.42 Å². The molecule has 0 fully saturated rings. The van der Waals surface area contributed by atoms with Crippen LogP contribution in [0.5, 0.6) is 0 Å². The summed E-state index contributed by atoms with van der Waals surface area (Å²) in [5.74, 6) is -0.910. The number of rotatable bonds is 12. The van der Waals surface area contributed by atoms with E-state index in [0.717, 1.165) is 11.1 Å². The van der Waals surface area contributed by atoms with Crippen LogP contribution < -0.4 is 9.62 Å². The maximum Gasteiger partial charge on any atom is 0.314 e. The number of benzene rings is 4. The Hall–Kier alpha value is -4.41. The Labute approximate surface area is 237 Å². The number of aromatic nitrogens is 2. The molecule has 5 aromatic rings. The van der Waals surface area contributed by atoms with Crippen LogP contribution in [0.4, 0.5) is 14.5 Å². The molecule has 0 saturated heterocycles. The Kier molecular flexibility index (Phi) is 8.81. The molecule has 0 aliphatic carbocycles. The first-order valence-electron chi connectivity index (χ1n) is 13.0. The SMILES string of the molecule is O=S(=O)(CCNC(c1ccccc1)c1ccccc1)N(Cc1ccc(-c2nnc(C(F)F)o2)cc1)c1ccccc1. The van der Waals surface area contributed by atoms with Crippen LogP contribution >= 0.6 is 0 Å². The lowest BCUT2D eigenvalue weighted by atomic mass is 9.99. The van der Waals surface area contributed by atoms with E-state index in [1.165, 1.54) is 4.31 Å². The summed E-state index contributed by atoms with van der Waals surface area (Å²) in [7, 11) is -3.76. The van der Waals surface area contributed by atoms with Gasteiger partial charge in [0.05, 0.1) is 24.0 Å². The number of para-hydroxylation sites is 1. The van der Waals surface area contributed by atoms with Gasteiger partial charge in [-0.2, -0.15) is 8.78 Å². The van der Waals surface area contributed by atoms with E-state index in [4.69, 9.17) is 4.42 Å². The van der Waals surface area contributed by atoms with Crippen LogP contribution in [0, 0.1) is 0 Å². The van der Waals surface area contributed by atoms with Crippen molar-refractivity contribution in [2.24, 2.45) is 0 Å². The molecule has 0 unspecified atom stereocenters. The summed E-state index contributed by atoms with van der Waals surface area (Å²) < 4.78 is 59.5. The van der Waals surface area contributed by atoms with E-state index in [9.17, 15) is 17.2 Å². The Morgan fingerprint density at radius 2 is 1.32 bits per heavy atom. The van der Waals surface area contributed by atoms with E-state index in [1.807, 2.05) is 66.7 Å². The van der Waals surface area contributed by atoms with Crippen LogP contribution in [0.15, 0.2) is 120 Å². The van der Waals surface area contributed by atoms with Gasteiger partial charge in [0, 0.05) is 12.1 Å². The van der Waals surface area contributed by atoms with Crippen LogP contribution in [-0.2, 0) is 16.6 Å². The van der Waals surface area contributed by atoms with E-state index >= 15 is 0 Å². The Balaban J connectivity index is 1.33. The van der Waals surface area contributed by atoms with Gasteiger partial charge >= 0.3 is 6.43 Å². The first-order valence-corrected chi connectivity index (χ1v) is 14.6. The smallest absolute Gasteiger partial charge is 0.314 e. The molecule has 4 aromatic carbocycles. The molecule has 1 aromatic heterocycles. The zero-order valence-electron chi connectivity index (χ0n) is 22.0. The molecule has 0 aliphatic heterocycles. The van der Waals surface area contributed by atoms with Gasteiger partial charge in [0.1, 0.15) is 0 Å². The highest BCUT2D eigenvalue weighted by Crippen LogP contribution is 2.26. The Morgan fingerprint density at radius 1 is 0.756 bits per heavy atom. The zero-order valence-corrected chi connectivity index (χ0v) is 22.8. The number of sulfonamides is 1. The minimum Gasteiger partial charge on any atom is -0.415 e.